The largest absolute Gasteiger partial charge is 0.369 e. The number of rotatable bonds is 3. The second-order valence-electron chi connectivity index (χ2n) is 3.30. The van der Waals surface area contributed by atoms with Gasteiger partial charge in [-0.1, -0.05) is 6.42 Å². The summed E-state index contributed by atoms with van der Waals surface area (Å²) in [6.07, 6.45) is 3.37. The molecule has 1 rings (SSSR count). The van der Waals surface area contributed by atoms with E-state index in [9.17, 15) is 4.79 Å². The highest BCUT2D eigenvalue weighted by Gasteiger charge is 2.25. The first kappa shape index (κ1) is 9.48. The summed E-state index contributed by atoms with van der Waals surface area (Å²) in [4.78, 5) is 10.9. The number of nitrogens with one attached hydrogen (secondary N) is 1. The fraction of sp³-hybridized carbons (Fsp3) is 0.875. The lowest BCUT2D eigenvalue weighted by Crippen LogP contribution is -2.48. The van der Waals surface area contributed by atoms with E-state index in [0.717, 1.165) is 13.0 Å². The summed E-state index contributed by atoms with van der Waals surface area (Å²) in [5, 5.41) is 3.27. The molecule has 1 fully saturated rings. The molecule has 0 spiro atoms. The molecule has 1 aliphatic rings. The van der Waals surface area contributed by atoms with Crippen molar-refractivity contribution in [3.8, 4) is 0 Å². The fourth-order valence-electron chi connectivity index (χ4n) is 1.70. The standard InChI is InChI=1S/C8H17N3O/c9-5-6(8(10)12)7-3-1-2-4-11-7/h6-7,11H,1-5,9H2,(H2,10,12). The van der Waals surface area contributed by atoms with Gasteiger partial charge in [0.05, 0.1) is 5.92 Å². The van der Waals surface area contributed by atoms with Crippen molar-refractivity contribution < 1.29 is 4.79 Å². The zero-order valence-corrected chi connectivity index (χ0v) is 7.25. The van der Waals surface area contributed by atoms with Gasteiger partial charge < -0.3 is 16.8 Å². The first-order valence-corrected chi connectivity index (χ1v) is 4.48. The lowest BCUT2D eigenvalue weighted by atomic mass is 9.92. The van der Waals surface area contributed by atoms with Gasteiger partial charge in [0.15, 0.2) is 0 Å². The topological polar surface area (TPSA) is 81.1 Å². The van der Waals surface area contributed by atoms with Crippen molar-refractivity contribution in [2.75, 3.05) is 13.1 Å². The Bertz CT molecular complexity index is 154. The molecule has 1 heterocycles. The SMILES string of the molecule is NCC(C(N)=O)C1CCCCN1. The van der Waals surface area contributed by atoms with Crippen molar-refractivity contribution in [2.24, 2.45) is 17.4 Å². The molecular weight excluding hydrogens is 154 g/mol. The van der Waals surface area contributed by atoms with E-state index >= 15 is 0 Å². The van der Waals surface area contributed by atoms with Crippen LogP contribution in [0.25, 0.3) is 0 Å². The van der Waals surface area contributed by atoms with E-state index in [-0.39, 0.29) is 17.9 Å². The van der Waals surface area contributed by atoms with Gasteiger partial charge in [-0.15, -0.1) is 0 Å². The third-order valence-electron chi connectivity index (χ3n) is 2.45. The van der Waals surface area contributed by atoms with Crippen LogP contribution in [-0.4, -0.2) is 25.0 Å². The highest BCUT2D eigenvalue weighted by molar-refractivity contribution is 5.77. The second kappa shape index (κ2) is 4.42. The van der Waals surface area contributed by atoms with E-state index in [4.69, 9.17) is 11.5 Å². The Hall–Kier alpha value is -0.610. The van der Waals surface area contributed by atoms with Crippen LogP contribution in [0.2, 0.25) is 0 Å². The van der Waals surface area contributed by atoms with Gasteiger partial charge in [0.2, 0.25) is 5.91 Å². The van der Waals surface area contributed by atoms with Crippen LogP contribution in [0.15, 0.2) is 0 Å². The minimum atomic E-state index is -0.281. The molecule has 4 heteroatoms. The molecule has 2 atom stereocenters. The molecule has 2 unspecified atom stereocenters. The summed E-state index contributed by atoms with van der Waals surface area (Å²) in [6, 6.07) is 0.209. The second-order valence-corrected chi connectivity index (χ2v) is 3.30. The van der Waals surface area contributed by atoms with Crippen LogP contribution in [0.4, 0.5) is 0 Å². The summed E-state index contributed by atoms with van der Waals surface area (Å²) in [6.45, 7) is 1.33. The number of hydrogen-bond acceptors (Lipinski definition) is 3. The maximum atomic E-state index is 10.9. The number of hydrogen-bond donors (Lipinski definition) is 3. The van der Waals surface area contributed by atoms with Gasteiger partial charge in [-0.2, -0.15) is 0 Å². The average molecular weight is 171 g/mol. The Morgan fingerprint density at radius 3 is 2.75 bits per heavy atom. The van der Waals surface area contributed by atoms with Crippen LogP contribution in [-0.2, 0) is 4.79 Å². The van der Waals surface area contributed by atoms with E-state index in [1.165, 1.54) is 12.8 Å². The molecule has 1 saturated heterocycles. The van der Waals surface area contributed by atoms with Crippen LogP contribution in [0, 0.1) is 5.92 Å². The quantitative estimate of drug-likeness (QED) is 0.519. The predicted molar refractivity (Wildman–Crippen MR) is 47.4 cm³/mol. The first-order valence-electron chi connectivity index (χ1n) is 4.48. The molecule has 5 N–H and O–H groups in total. The van der Waals surface area contributed by atoms with Gasteiger partial charge in [-0.25, -0.2) is 0 Å². The lowest BCUT2D eigenvalue weighted by Gasteiger charge is -2.28. The van der Waals surface area contributed by atoms with E-state index in [1.54, 1.807) is 0 Å². The van der Waals surface area contributed by atoms with Crippen molar-refractivity contribution in [1.82, 2.24) is 5.32 Å². The molecule has 12 heavy (non-hydrogen) atoms. The number of piperidine rings is 1. The van der Waals surface area contributed by atoms with Crippen LogP contribution >= 0.6 is 0 Å². The Labute approximate surface area is 72.7 Å². The number of nitrogens with two attached hydrogens (primary N) is 2. The lowest BCUT2D eigenvalue weighted by molar-refractivity contribution is -0.122. The fourth-order valence-corrected chi connectivity index (χ4v) is 1.70. The van der Waals surface area contributed by atoms with Crippen LogP contribution in [0.3, 0.4) is 0 Å². The van der Waals surface area contributed by atoms with Crippen molar-refractivity contribution >= 4 is 5.91 Å². The highest BCUT2D eigenvalue weighted by Crippen LogP contribution is 2.14. The van der Waals surface area contributed by atoms with Crippen LogP contribution in [0.1, 0.15) is 19.3 Å². The molecule has 0 aliphatic carbocycles. The van der Waals surface area contributed by atoms with Crippen molar-refractivity contribution in [3.05, 3.63) is 0 Å². The summed E-state index contributed by atoms with van der Waals surface area (Å²) >= 11 is 0. The van der Waals surface area contributed by atoms with Gasteiger partial charge in [0.25, 0.3) is 0 Å². The van der Waals surface area contributed by atoms with Gasteiger partial charge >= 0.3 is 0 Å². The zero-order chi connectivity index (χ0) is 8.97. The summed E-state index contributed by atoms with van der Waals surface area (Å²) in [5.74, 6) is -0.470. The van der Waals surface area contributed by atoms with E-state index in [1.807, 2.05) is 0 Å². The van der Waals surface area contributed by atoms with Crippen molar-refractivity contribution in [2.45, 2.75) is 25.3 Å². The summed E-state index contributed by atoms with van der Waals surface area (Å²) in [5.41, 5.74) is 10.7. The Kier molecular flexibility index (Phi) is 3.49. The average Bonchev–Trinajstić information content (AvgIpc) is 2.07. The first-order chi connectivity index (χ1) is 5.75. The normalized spacial score (nSPS) is 26.6. The summed E-state index contributed by atoms with van der Waals surface area (Å²) in [7, 11) is 0. The molecule has 70 valence electrons. The third-order valence-corrected chi connectivity index (χ3v) is 2.45. The molecule has 0 aromatic carbocycles. The molecule has 0 saturated carbocycles. The minimum absolute atomic E-state index is 0.190. The molecule has 1 aliphatic heterocycles. The van der Waals surface area contributed by atoms with E-state index in [0.29, 0.717) is 6.54 Å². The molecule has 1 amide bonds. The minimum Gasteiger partial charge on any atom is -0.369 e. The van der Waals surface area contributed by atoms with E-state index < -0.39 is 0 Å². The molecule has 4 nitrogen and oxygen atoms in total. The molecule has 0 aromatic rings. The zero-order valence-electron chi connectivity index (χ0n) is 7.25. The smallest absolute Gasteiger partial charge is 0.223 e. The highest BCUT2D eigenvalue weighted by atomic mass is 16.1. The Balaban J connectivity index is 2.46. The molecule has 0 radical (unpaired) electrons. The number of primary amides is 1. The van der Waals surface area contributed by atoms with E-state index in [2.05, 4.69) is 5.32 Å². The monoisotopic (exact) mass is 171 g/mol. The van der Waals surface area contributed by atoms with Crippen molar-refractivity contribution in [1.29, 1.82) is 0 Å². The molecule has 0 aromatic heterocycles. The number of carbonyl (C=O) groups excluding carboxylic acids is 1. The van der Waals surface area contributed by atoms with Crippen LogP contribution in [0.5, 0.6) is 0 Å². The number of amides is 1. The summed E-state index contributed by atoms with van der Waals surface area (Å²) < 4.78 is 0. The molecule has 0 bridgehead atoms. The van der Waals surface area contributed by atoms with Gasteiger partial charge in [0, 0.05) is 12.6 Å². The van der Waals surface area contributed by atoms with Crippen LogP contribution < -0.4 is 16.8 Å². The van der Waals surface area contributed by atoms with Gasteiger partial charge in [-0.05, 0) is 19.4 Å². The maximum Gasteiger partial charge on any atom is 0.223 e. The number of carbonyl (C=O) groups is 1. The van der Waals surface area contributed by atoms with Gasteiger partial charge in [0.1, 0.15) is 0 Å². The third kappa shape index (κ3) is 2.19. The predicted octanol–water partition coefficient (Wildman–Crippen LogP) is -0.811. The van der Waals surface area contributed by atoms with Crippen molar-refractivity contribution in [3.63, 3.8) is 0 Å². The maximum absolute atomic E-state index is 10.9. The Morgan fingerprint density at radius 1 is 1.58 bits per heavy atom. The molecular formula is C8H17N3O. The van der Waals surface area contributed by atoms with Gasteiger partial charge in [-0.3, -0.25) is 4.79 Å². The Morgan fingerprint density at radius 2 is 2.33 bits per heavy atom.